The summed E-state index contributed by atoms with van der Waals surface area (Å²) in [7, 11) is 0. The summed E-state index contributed by atoms with van der Waals surface area (Å²) in [6.45, 7) is 6.50. The van der Waals surface area contributed by atoms with Gasteiger partial charge < -0.3 is 14.9 Å². The van der Waals surface area contributed by atoms with E-state index in [0.717, 1.165) is 57.4 Å². The van der Waals surface area contributed by atoms with Crippen LogP contribution in [0.25, 0.3) is 11.3 Å². The van der Waals surface area contributed by atoms with Crippen LogP contribution < -0.4 is 9.80 Å². The quantitative estimate of drug-likeness (QED) is 0.848. The van der Waals surface area contributed by atoms with Crippen LogP contribution in [0, 0.1) is 0 Å². The molecule has 4 rings (SSSR count). The van der Waals surface area contributed by atoms with Crippen LogP contribution in [0.4, 0.5) is 11.6 Å². The third kappa shape index (κ3) is 3.52. The smallest absolute Gasteiger partial charge is 0.245 e. The zero-order valence-corrected chi connectivity index (χ0v) is 14.5. The fourth-order valence-electron chi connectivity index (χ4n) is 3.65. The Hall–Kier alpha value is -2.00. The van der Waals surface area contributed by atoms with E-state index < -0.39 is 0 Å². The number of rotatable bonds is 4. The summed E-state index contributed by atoms with van der Waals surface area (Å²) >= 11 is 0. The molecule has 9 nitrogen and oxygen atoms in total. The van der Waals surface area contributed by atoms with Crippen molar-refractivity contribution in [2.24, 2.45) is 0 Å². The maximum Gasteiger partial charge on any atom is 0.245 e. The SMILES string of the molecule is OCCN1CCN(c2nc3nonc3nc2N2CCCCCC2)CC1. The van der Waals surface area contributed by atoms with Crippen molar-refractivity contribution in [1.29, 1.82) is 0 Å². The maximum atomic E-state index is 9.13. The minimum Gasteiger partial charge on any atom is -0.395 e. The summed E-state index contributed by atoms with van der Waals surface area (Å²) < 4.78 is 4.83. The predicted molar refractivity (Wildman–Crippen MR) is 93.8 cm³/mol. The molecule has 0 unspecified atom stereocenters. The van der Waals surface area contributed by atoms with Crippen LogP contribution in [-0.4, -0.2) is 82.7 Å². The van der Waals surface area contributed by atoms with Crippen LogP contribution in [-0.2, 0) is 0 Å². The highest BCUT2D eigenvalue weighted by atomic mass is 16.6. The van der Waals surface area contributed by atoms with Crippen molar-refractivity contribution in [1.82, 2.24) is 25.2 Å². The van der Waals surface area contributed by atoms with E-state index in [1.807, 2.05) is 0 Å². The maximum absolute atomic E-state index is 9.13. The molecule has 0 spiro atoms. The lowest BCUT2D eigenvalue weighted by Gasteiger charge is -2.36. The molecule has 25 heavy (non-hydrogen) atoms. The van der Waals surface area contributed by atoms with Gasteiger partial charge >= 0.3 is 0 Å². The van der Waals surface area contributed by atoms with Crippen LogP contribution >= 0.6 is 0 Å². The molecule has 2 aromatic heterocycles. The Bertz CT molecular complexity index is 691. The van der Waals surface area contributed by atoms with E-state index in [1.165, 1.54) is 25.7 Å². The minimum atomic E-state index is 0.204. The van der Waals surface area contributed by atoms with Gasteiger partial charge in [0.05, 0.1) is 6.61 Å². The van der Waals surface area contributed by atoms with Crippen LogP contribution in [0.2, 0.25) is 0 Å². The van der Waals surface area contributed by atoms with Crippen LogP contribution in [0.15, 0.2) is 4.63 Å². The molecule has 136 valence electrons. The van der Waals surface area contributed by atoms with Crippen molar-refractivity contribution >= 4 is 22.9 Å². The molecule has 2 saturated heterocycles. The molecular weight excluding hydrogens is 322 g/mol. The van der Waals surface area contributed by atoms with Gasteiger partial charge in [0.2, 0.25) is 11.3 Å². The average molecular weight is 347 g/mol. The highest BCUT2D eigenvalue weighted by Gasteiger charge is 2.26. The van der Waals surface area contributed by atoms with Crippen LogP contribution in [0.5, 0.6) is 0 Å². The van der Waals surface area contributed by atoms with E-state index in [1.54, 1.807) is 0 Å². The van der Waals surface area contributed by atoms with E-state index in [9.17, 15) is 0 Å². The summed E-state index contributed by atoms with van der Waals surface area (Å²) in [5.74, 6) is 1.79. The largest absolute Gasteiger partial charge is 0.395 e. The van der Waals surface area contributed by atoms with Crippen LogP contribution in [0.3, 0.4) is 0 Å². The third-order valence-electron chi connectivity index (χ3n) is 5.07. The van der Waals surface area contributed by atoms with E-state index in [4.69, 9.17) is 19.7 Å². The molecule has 1 N–H and O–H groups in total. The monoisotopic (exact) mass is 347 g/mol. The van der Waals surface area contributed by atoms with Gasteiger partial charge in [-0.1, -0.05) is 12.8 Å². The van der Waals surface area contributed by atoms with Crippen molar-refractivity contribution < 1.29 is 9.74 Å². The van der Waals surface area contributed by atoms with Crippen molar-refractivity contribution in [3.8, 4) is 0 Å². The van der Waals surface area contributed by atoms with Gasteiger partial charge in [-0.3, -0.25) is 4.90 Å². The Labute approximate surface area is 146 Å². The topological polar surface area (TPSA) is 94.6 Å². The number of fused-ring (bicyclic) bond motifs is 1. The van der Waals surface area contributed by atoms with Crippen molar-refractivity contribution in [3.63, 3.8) is 0 Å². The lowest BCUT2D eigenvalue weighted by atomic mass is 10.2. The summed E-state index contributed by atoms with van der Waals surface area (Å²) in [6.07, 6.45) is 4.90. The fraction of sp³-hybridized carbons (Fsp3) is 0.750. The number of aliphatic hydroxyl groups is 1. The Balaban J connectivity index is 1.63. The van der Waals surface area contributed by atoms with Crippen molar-refractivity contribution in [2.75, 3.05) is 62.2 Å². The molecule has 4 heterocycles. The minimum absolute atomic E-state index is 0.204. The molecule has 0 aliphatic carbocycles. The fourth-order valence-corrected chi connectivity index (χ4v) is 3.65. The Morgan fingerprint density at radius 3 is 1.88 bits per heavy atom. The van der Waals surface area contributed by atoms with Gasteiger partial charge in [-0.15, -0.1) is 0 Å². The zero-order chi connectivity index (χ0) is 17.1. The first-order valence-electron chi connectivity index (χ1n) is 9.18. The first-order chi connectivity index (χ1) is 12.3. The number of hydrogen-bond acceptors (Lipinski definition) is 9. The second-order valence-electron chi connectivity index (χ2n) is 6.74. The summed E-state index contributed by atoms with van der Waals surface area (Å²) in [4.78, 5) is 16.3. The normalized spacial score (nSPS) is 20.2. The molecule has 2 aliphatic rings. The lowest BCUT2D eigenvalue weighted by Crippen LogP contribution is -2.48. The predicted octanol–water partition coefficient (Wildman–Crippen LogP) is 0.507. The molecule has 0 saturated carbocycles. The standard InChI is InChI=1S/C16H25N7O2/c24-12-11-21-7-9-23(10-8-21)16-15(22-5-3-1-2-4-6-22)17-13-14(18-16)20-25-19-13/h24H,1-12H2. The first kappa shape index (κ1) is 16.5. The van der Waals surface area contributed by atoms with Gasteiger partial charge in [-0.05, 0) is 23.2 Å². The molecule has 0 bridgehead atoms. The number of nitrogens with zero attached hydrogens (tertiary/aromatic N) is 7. The Morgan fingerprint density at radius 1 is 0.760 bits per heavy atom. The number of aliphatic hydroxyl groups excluding tert-OH is 1. The molecule has 0 amide bonds. The second-order valence-corrected chi connectivity index (χ2v) is 6.74. The number of β-amino-alcohol motifs (C(OH)–C–C–N with tert-alkyl or cyclic N) is 1. The highest BCUT2D eigenvalue weighted by Crippen LogP contribution is 2.29. The number of anilines is 2. The lowest BCUT2D eigenvalue weighted by molar-refractivity contribution is 0.188. The van der Waals surface area contributed by atoms with E-state index in [2.05, 4.69) is 25.0 Å². The number of hydrogen-bond donors (Lipinski definition) is 1. The zero-order valence-electron chi connectivity index (χ0n) is 14.5. The molecule has 2 aliphatic heterocycles. The summed E-state index contributed by atoms with van der Waals surface area (Å²) in [5.41, 5.74) is 0.938. The van der Waals surface area contributed by atoms with Crippen LogP contribution in [0.1, 0.15) is 25.7 Å². The van der Waals surface area contributed by atoms with E-state index in [0.29, 0.717) is 11.3 Å². The molecule has 0 aromatic carbocycles. The van der Waals surface area contributed by atoms with Gasteiger partial charge in [0.15, 0.2) is 11.6 Å². The highest BCUT2D eigenvalue weighted by molar-refractivity contribution is 5.74. The van der Waals surface area contributed by atoms with E-state index >= 15 is 0 Å². The Morgan fingerprint density at radius 2 is 1.32 bits per heavy atom. The van der Waals surface area contributed by atoms with Gasteiger partial charge in [-0.25, -0.2) is 14.6 Å². The molecule has 9 heteroatoms. The average Bonchev–Trinajstić information content (AvgIpc) is 2.93. The third-order valence-corrected chi connectivity index (χ3v) is 5.07. The number of aromatic nitrogens is 4. The summed E-state index contributed by atoms with van der Waals surface area (Å²) in [6, 6.07) is 0. The molecule has 0 atom stereocenters. The molecule has 2 fully saturated rings. The Kier molecular flexibility index (Phi) is 4.93. The molecule has 0 radical (unpaired) electrons. The van der Waals surface area contributed by atoms with Gasteiger partial charge in [-0.2, -0.15) is 0 Å². The van der Waals surface area contributed by atoms with Crippen molar-refractivity contribution in [3.05, 3.63) is 0 Å². The van der Waals surface area contributed by atoms with Crippen molar-refractivity contribution in [2.45, 2.75) is 25.7 Å². The number of piperazine rings is 1. The second kappa shape index (κ2) is 7.49. The van der Waals surface area contributed by atoms with Gasteiger partial charge in [0.25, 0.3) is 0 Å². The van der Waals surface area contributed by atoms with Gasteiger partial charge in [0.1, 0.15) is 0 Å². The van der Waals surface area contributed by atoms with E-state index in [-0.39, 0.29) is 6.61 Å². The molecular formula is C16H25N7O2. The summed E-state index contributed by atoms with van der Waals surface area (Å²) in [5, 5.41) is 16.9. The first-order valence-corrected chi connectivity index (χ1v) is 9.18. The van der Waals surface area contributed by atoms with Gasteiger partial charge in [0, 0.05) is 45.8 Å². The molecule has 2 aromatic rings.